The lowest BCUT2D eigenvalue weighted by Crippen LogP contribution is -2.35. The van der Waals surface area contributed by atoms with Crippen LogP contribution in [-0.4, -0.2) is 27.1 Å². The number of nitrogen functional groups attached to an aromatic ring is 1. The maximum atomic E-state index is 12.8. The maximum absolute atomic E-state index is 12.8. The first-order valence-electron chi connectivity index (χ1n) is 8.35. The van der Waals surface area contributed by atoms with Crippen LogP contribution >= 0.6 is 0 Å². The molecule has 2 N–H and O–H groups in total. The molecule has 5 nitrogen and oxygen atoms in total. The molecule has 0 saturated heterocycles. The van der Waals surface area contributed by atoms with Crippen LogP contribution in [0.4, 0.5) is 5.82 Å². The van der Waals surface area contributed by atoms with Crippen LogP contribution in [0.25, 0.3) is 0 Å². The minimum atomic E-state index is 0.0304. The molecule has 0 saturated carbocycles. The highest BCUT2D eigenvalue weighted by Gasteiger charge is 2.15. The van der Waals surface area contributed by atoms with E-state index in [0.29, 0.717) is 18.9 Å². The van der Waals surface area contributed by atoms with E-state index in [1.165, 1.54) is 5.56 Å². The number of nitrogens with two attached hydrogens (primary N) is 1. The van der Waals surface area contributed by atoms with Crippen LogP contribution < -0.4 is 5.73 Å². The summed E-state index contributed by atoms with van der Waals surface area (Å²) in [6, 6.07) is 21.9. The lowest BCUT2D eigenvalue weighted by atomic mass is 10.1. The fourth-order valence-electron chi connectivity index (χ4n) is 2.71. The molecule has 3 rings (SSSR count). The van der Waals surface area contributed by atoms with Gasteiger partial charge in [-0.25, -0.2) is 0 Å². The van der Waals surface area contributed by atoms with E-state index in [1.54, 1.807) is 16.9 Å². The lowest BCUT2D eigenvalue weighted by Gasteiger charge is -2.23. The van der Waals surface area contributed by atoms with Gasteiger partial charge in [0.1, 0.15) is 12.4 Å². The number of hydrogen-bond acceptors (Lipinski definition) is 3. The molecular formula is C20H22N4O. The van der Waals surface area contributed by atoms with Crippen LogP contribution in [0.15, 0.2) is 72.9 Å². The zero-order chi connectivity index (χ0) is 17.5. The maximum Gasteiger partial charge on any atom is 0.244 e. The predicted octanol–water partition coefficient (Wildman–Crippen LogP) is 2.74. The van der Waals surface area contributed by atoms with Gasteiger partial charge in [0.25, 0.3) is 0 Å². The summed E-state index contributed by atoms with van der Waals surface area (Å²) in [4.78, 5) is 14.6. The van der Waals surface area contributed by atoms with Gasteiger partial charge in [-0.3, -0.25) is 9.48 Å². The van der Waals surface area contributed by atoms with Crippen molar-refractivity contribution in [2.24, 2.45) is 0 Å². The molecule has 0 radical (unpaired) electrons. The zero-order valence-corrected chi connectivity index (χ0v) is 14.1. The molecule has 1 amide bonds. The number of hydrogen-bond donors (Lipinski definition) is 1. The van der Waals surface area contributed by atoms with Crippen molar-refractivity contribution in [1.29, 1.82) is 0 Å². The van der Waals surface area contributed by atoms with Crippen molar-refractivity contribution in [3.05, 3.63) is 84.1 Å². The van der Waals surface area contributed by atoms with Gasteiger partial charge in [0, 0.05) is 19.3 Å². The highest BCUT2D eigenvalue weighted by Crippen LogP contribution is 2.09. The second-order valence-corrected chi connectivity index (χ2v) is 5.97. The van der Waals surface area contributed by atoms with Gasteiger partial charge in [-0.1, -0.05) is 60.7 Å². The summed E-state index contributed by atoms with van der Waals surface area (Å²) in [5.74, 6) is 0.453. The molecule has 0 aliphatic rings. The Balaban J connectivity index is 1.69. The van der Waals surface area contributed by atoms with Crippen LogP contribution in [0.5, 0.6) is 0 Å². The van der Waals surface area contributed by atoms with Gasteiger partial charge < -0.3 is 10.6 Å². The van der Waals surface area contributed by atoms with Gasteiger partial charge in [-0.2, -0.15) is 5.10 Å². The molecule has 1 aromatic heterocycles. The third-order valence-corrected chi connectivity index (χ3v) is 4.04. The Morgan fingerprint density at radius 3 is 2.20 bits per heavy atom. The number of nitrogens with zero attached hydrogens (tertiary/aromatic N) is 3. The number of amides is 1. The van der Waals surface area contributed by atoms with Gasteiger partial charge in [0.05, 0.1) is 0 Å². The molecule has 0 spiro atoms. The van der Waals surface area contributed by atoms with Crippen molar-refractivity contribution in [2.45, 2.75) is 19.5 Å². The average Bonchev–Trinajstić information content (AvgIpc) is 3.05. The lowest BCUT2D eigenvalue weighted by molar-refractivity contribution is -0.132. The van der Waals surface area contributed by atoms with Gasteiger partial charge in [0.2, 0.25) is 5.91 Å². The molecule has 0 fully saturated rings. The topological polar surface area (TPSA) is 64.2 Å². The van der Waals surface area contributed by atoms with Gasteiger partial charge in [-0.05, 0) is 23.6 Å². The number of anilines is 1. The Bertz CT molecular complexity index is 799. The first-order valence-corrected chi connectivity index (χ1v) is 8.35. The fraction of sp³-hybridized carbons (Fsp3) is 0.200. The Labute approximate surface area is 147 Å². The minimum absolute atomic E-state index is 0.0304. The second-order valence-electron chi connectivity index (χ2n) is 5.97. The van der Waals surface area contributed by atoms with Crippen molar-refractivity contribution >= 4 is 11.7 Å². The average molecular weight is 334 g/mol. The monoisotopic (exact) mass is 334 g/mol. The van der Waals surface area contributed by atoms with E-state index in [1.807, 2.05) is 53.4 Å². The van der Waals surface area contributed by atoms with Crippen LogP contribution in [-0.2, 0) is 24.3 Å². The normalized spacial score (nSPS) is 10.6. The standard InChI is InChI=1S/C20H22N4O/c21-19-12-14-24(22-19)16-20(25)23(15-18-9-5-2-6-10-18)13-11-17-7-3-1-4-8-17/h1-10,12,14H,11,13,15-16H2,(H2,21,22). The summed E-state index contributed by atoms with van der Waals surface area (Å²) in [7, 11) is 0. The largest absolute Gasteiger partial charge is 0.382 e. The molecule has 5 heteroatoms. The SMILES string of the molecule is Nc1ccn(CC(=O)N(CCc2ccccc2)Cc2ccccc2)n1. The number of carbonyl (C=O) groups excluding carboxylic acids is 1. The summed E-state index contributed by atoms with van der Waals surface area (Å²) < 4.78 is 1.58. The molecule has 0 bridgehead atoms. The summed E-state index contributed by atoms with van der Waals surface area (Å²) in [6.07, 6.45) is 2.55. The van der Waals surface area contributed by atoms with E-state index in [9.17, 15) is 4.79 Å². The first-order chi connectivity index (χ1) is 12.2. The molecule has 0 aliphatic heterocycles. The molecule has 3 aromatic rings. The fourth-order valence-corrected chi connectivity index (χ4v) is 2.71. The Hall–Kier alpha value is -3.08. The Kier molecular flexibility index (Phi) is 5.46. The van der Waals surface area contributed by atoms with E-state index in [-0.39, 0.29) is 12.5 Å². The third kappa shape index (κ3) is 4.94. The van der Waals surface area contributed by atoms with Crippen molar-refractivity contribution < 1.29 is 4.79 Å². The summed E-state index contributed by atoms with van der Waals surface area (Å²) in [5, 5.41) is 4.11. The predicted molar refractivity (Wildman–Crippen MR) is 98.6 cm³/mol. The molecule has 0 atom stereocenters. The van der Waals surface area contributed by atoms with E-state index in [0.717, 1.165) is 12.0 Å². The van der Waals surface area contributed by atoms with Crippen LogP contribution in [0.1, 0.15) is 11.1 Å². The van der Waals surface area contributed by atoms with Crippen molar-refractivity contribution in [3.8, 4) is 0 Å². The summed E-state index contributed by atoms with van der Waals surface area (Å²) >= 11 is 0. The summed E-state index contributed by atoms with van der Waals surface area (Å²) in [6.45, 7) is 1.44. The van der Waals surface area contributed by atoms with E-state index in [2.05, 4.69) is 17.2 Å². The van der Waals surface area contributed by atoms with Crippen molar-refractivity contribution in [2.75, 3.05) is 12.3 Å². The smallest absolute Gasteiger partial charge is 0.244 e. The van der Waals surface area contributed by atoms with Gasteiger partial charge >= 0.3 is 0 Å². The van der Waals surface area contributed by atoms with Gasteiger partial charge in [-0.15, -0.1) is 0 Å². The number of benzene rings is 2. The Morgan fingerprint density at radius 1 is 0.960 bits per heavy atom. The first kappa shape index (κ1) is 16.8. The quantitative estimate of drug-likeness (QED) is 0.722. The minimum Gasteiger partial charge on any atom is -0.382 e. The van der Waals surface area contributed by atoms with Crippen LogP contribution in [0.3, 0.4) is 0 Å². The molecule has 0 aliphatic carbocycles. The zero-order valence-electron chi connectivity index (χ0n) is 14.1. The van der Waals surface area contributed by atoms with E-state index >= 15 is 0 Å². The van der Waals surface area contributed by atoms with Crippen molar-refractivity contribution in [1.82, 2.24) is 14.7 Å². The van der Waals surface area contributed by atoms with E-state index in [4.69, 9.17) is 5.73 Å². The molecular weight excluding hydrogens is 312 g/mol. The Morgan fingerprint density at radius 2 is 1.60 bits per heavy atom. The molecule has 128 valence electrons. The van der Waals surface area contributed by atoms with E-state index < -0.39 is 0 Å². The molecule has 2 aromatic carbocycles. The van der Waals surface area contributed by atoms with Crippen LogP contribution in [0.2, 0.25) is 0 Å². The number of aromatic nitrogens is 2. The third-order valence-electron chi connectivity index (χ3n) is 4.04. The van der Waals surface area contributed by atoms with Crippen molar-refractivity contribution in [3.63, 3.8) is 0 Å². The number of carbonyl (C=O) groups is 1. The highest BCUT2D eigenvalue weighted by molar-refractivity contribution is 5.76. The number of rotatable bonds is 7. The van der Waals surface area contributed by atoms with Crippen LogP contribution in [0, 0.1) is 0 Å². The van der Waals surface area contributed by atoms with Gasteiger partial charge in [0.15, 0.2) is 0 Å². The molecule has 0 unspecified atom stereocenters. The highest BCUT2D eigenvalue weighted by atomic mass is 16.2. The summed E-state index contributed by atoms with van der Waals surface area (Å²) in [5.41, 5.74) is 7.97. The molecule has 1 heterocycles. The second kappa shape index (κ2) is 8.15. The molecule has 25 heavy (non-hydrogen) atoms.